The van der Waals surface area contributed by atoms with E-state index in [-0.39, 0.29) is 22.7 Å². The second kappa shape index (κ2) is 8.09. The Hall–Kier alpha value is -2.12. The van der Waals surface area contributed by atoms with Crippen molar-refractivity contribution < 1.29 is 13.2 Å². The number of allylic oxidation sites excluding steroid dienone is 2. The van der Waals surface area contributed by atoms with E-state index >= 15 is 0 Å². The van der Waals surface area contributed by atoms with Crippen molar-refractivity contribution in [3.63, 3.8) is 0 Å². The van der Waals surface area contributed by atoms with Crippen LogP contribution in [0.3, 0.4) is 0 Å². The lowest BCUT2D eigenvalue weighted by Gasteiger charge is -2.38. The highest BCUT2D eigenvalue weighted by Gasteiger charge is 2.48. The van der Waals surface area contributed by atoms with Gasteiger partial charge in [0.1, 0.15) is 28.8 Å². The van der Waals surface area contributed by atoms with Crippen molar-refractivity contribution in [1.82, 2.24) is 3.89 Å². The Kier molecular flexibility index (Phi) is 5.95. The Morgan fingerprint density at radius 2 is 1.93 bits per heavy atom. The average Bonchev–Trinajstić information content (AvgIpc) is 2.71. The predicted molar refractivity (Wildman–Crippen MR) is 115 cm³/mol. The number of nitrogens with zero attached hydrogens (tertiary/aromatic N) is 1. The molecule has 0 aliphatic carbocycles. The van der Waals surface area contributed by atoms with Crippen LogP contribution in [0.4, 0.5) is 5.69 Å². The van der Waals surface area contributed by atoms with Gasteiger partial charge in [0.05, 0.1) is 12.3 Å². The second-order valence-electron chi connectivity index (χ2n) is 6.57. The van der Waals surface area contributed by atoms with Crippen molar-refractivity contribution in [1.29, 1.82) is 0 Å². The van der Waals surface area contributed by atoms with E-state index in [2.05, 4.69) is 0 Å². The number of benzene rings is 2. The number of hydrogen-bond acceptors (Lipinski definition) is 4. The minimum absolute atomic E-state index is 0.0319. The van der Waals surface area contributed by atoms with Crippen LogP contribution in [0.15, 0.2) is 66.4 Å². The molecule has 1 aliphatic heterocycles. The lowest BCUT2D eigenvalue weighted by Crippen LogP contribution is -2.56. The molecular weight excluding hydrogens is 396 g/mol. The summed E-state index contributed by atoms with van der Waals surface area (Å²) in [6.07, 6.45) is 5.42. The highest BCUT2D eigenvalue weighted by Crippen LogP contribution is 2.43. The molecule has 7 heteroatoms. The van der Waals surface area contributed by atoms with Gasteiger partial charge in [-0.3, -0.25) is 0 Å². The molecule has 0 aromatic heterocycles. The molecule has 1 atom stereocenters. The van der Waals surface area contributed by atoms with Gasteiger partial charge in [-0.15, -0.1) is 0 Å². The minimum Gasteiger partial charge on any atom is -0.457 e. The van der Waals surface area contributed by atoms with Crippen LogP contribution in [0.1, 0.15) is 12.5 Å². The molecule has 0 radical (unpaired) electrons. The van der Waals surface area contributed by atoms with Crippen molar-refractivity contribution in [2.75, 3.05) is 18.8 Å². The number of hydrogen-bond donors (Lipinski definition) is 1. The van der Waals surface area contributed by atoms with E-state index in [1.807, 2.05) is 49.4 Å². The Bertz CT molecular complexity index is 1030. The summed E-state index contributed by atoms with van der Waals surface area (Å²) in [5.41, 5.74) is 7.80. The van der Waals surface area contributed by atoms with Gasteiger partial charge in [0.15, 0.2) is 5.69 Å². The molecule has 1 aliphatic rings. The van der Waals surface area contributed by atoms with Crippen molar-refractivity contribution in [3.8, 4) is 11.5 Å². The Labute approximate surface area is 171 Å². The van der Waals surface area contributed by atoms with Crippen molar-refractivity contribution in [2.45, 2.75) is 13.8 Å². The third-order valence-electron chi connectivity index (χ3n) is 4.90. The molecule has 0 saturated carbocycles. The van der Waals surface area contributed by atoms with Crippen LogP contribution in [0, 0.1) is 6.92 Å². The van der Waals surface area contributed by atoms with Gasteiger partial charge in [-0.2, -0.15) is 12.3 Å². The average molecular weight is 420 g/mol. The summed E-state index contributed by atoms with van der Waals surface area (Å²) in [6.45, 7) is 3.87. The van der Waals surface area contributed by atoms with Crippen LogP contribution in [0.25, 0.3) is 0 Å². The summed E-state index contributed by atoms with van der Waals surface area (Å²) >= 11 is 6.62. The molecular formula is C21H24ClN2O3S+. The SMILES string of the molecule is CCS(=O)(=O)[N+]1(c2cc(C)c(Oc3ccccc3)cc2Cl)CC=CC=C1CN. The number of para-hydroxylation sites is 1. The van der Waals surface area contributed by atoms with Gasteiger partial charge in [-0.25, -0.2) is 0 Å². The first kappa shape index (κ1) is 20.6. The normalized spacial score (nSPS) is 19.4. The first-order chi connectivity index (χ1) is 13.4. The molecule has 1 heterocycles. The largest absolute Gasteiger partial charge is 0.457 e. The molecule has 0 bridgehead atoms. The zero-order valence-electron chi connectivity index (χ0n) is 15.9. The molecule has 0 saturated heterocycles. The summed E-state index contributed by atoms with van der Waals surface area (Å²) in [4.78, 5) is 0. The molecule has 0 amide bonds. The number of halogens is 1. The van der Waals surface area contributed by atoms with Crippen LogP contribution in [0.5, 0.6) is 11.5 Å². The molecule has 0 fully saturated rings. The summed E-state index contributed by atoms with van der Waals surface area (Å²) in [5.74, 6) is 1.23. The maximum absolute atomic E-state index is 13.2. The first-order valence-corrected chi connectivity index (χ1v) is 11.1. The van der Waals surface area contributed by atoms with Crippen LogP contribution in [-0.4, -0.2) is 27.3 Å². The van der Waals surface area contributed by atoms with Crippen LogP contribution in [-0.2, 0) is 10.0 Å². The maximum atomic E-state index is 13.2. The van der Waals surface area contributed by atoms with E-state index in [0.29, 0.717) is 27.9 Å². The molecule has 3 rings (SSSR count). The molecule has 1 unspecified atom stereocenters. The fraction of sp³-hybridized carbons (Fsp3) is 0.238. The highest BCUT2D eigenvalue weighted by atomic mass is 35.5. The van der Waals surface area contributed by atoms with Crippen LogP contribution in [0.2, 0.25) is 5.02 Å². The van der Waals surface area contributed by atoms with Gasteiger partial charge in [-0.1, -0.05) is 35.9 Å². The van der Waals surface area contributed by atoms with Crippen molar-refractivity contribution in [2.24, 2.45) is 5.73 Å². The van der Waals surface area contributed by atoms with Gasteiger partial charge in [-0.05, 0) is 43.7 Å². The van der Waals surface area contributed by atoms with E-state index in [1.54, 1.807) is 25.1 Å². The number of nitrogens with two attached hydrogens (primary N) is 1. The molecule has 2 aromatic rings. The van der Waals surface area contributed by atoms with E-state index in [4.69, 9.17) is 22.1 Å². The number of aryl methyl sites for hydroxylation is 1. The smallest absolute Gasteiger partial charge is 0.306 e. The van der Waals surface area contributed by atoms with Gasteiger partial charge >= 0.3 is 10.0 Å². The van der Waals surface area contributed by atoms with Crippen LogP contribution >= 0.6 is 11.6 Å². The fourth-order valence-electron chi connectivity index (χ4n) is 3.41. The Morgan fingerprint density at radius 1 is 1.21 bits per heavy atom. The Balaban J connectivity index is 2.16. The lowest BCUT2D eigenvalue weighted by atomic mass is 10.1. The predicted octanol–water partition coefficient (Wildman–Crippen LogP) is 4.51. The topological polar surface area (TPSA) is 69.4 Å². The summed E-state index contributed by atoms with van der Waals surface area (Å²) in [5, 5.41) is 0.322. The summed E-state index contributed by atoms with van der Waals surface area (Å²) in [7, 11) is -3.60. The molecule has 5 nitrogen and oxygen atoms in total. The minimum atomic E-state index is -3.60. The summed E-state index contributed by atoms with van der Waals surface area (Å²) < 4.78 is 32.0. The van der Waals surface area contributed by atoms with Gasteiger partial charge < -0.3 is 10.5 Å². The number of rotatable bonds is 6. The molecule has 0 spiro atoms. The number of sulfonamides is 1. The second-order valence-corrected chi connectivity index (χ2v) is 9.34. The zero-order valence-corrected chi connectivity index (χ0v) is 17.5. The van der Waals surface area contributed by atoms with Crippen molar-refractivity contribution in [3.05, 3.63) is 77.0 Å². The van der Waals surface area contributed by atoms with E-state index in [1.165, 1.54) is 0 Å². The van der Waals surface area contributed by atoms with Crippen LogP contribution < -0.4 is 14.4 Å². The third-order valence-corrected chi connectivity index (χ3v) is 7.47. The van der Waals surface area contributed by atoms with Gasteiger partial charge in [0.2, 0.25) is 0 Å². The van der Waals surface area contributed by atoms with E-state index in [0.717, 1.165) is 5.56 Å². The molecule has 2 N–H and O–H groups in total. The van der Waals surface area contributed by atoms with Crippen molar-refractivity contribution >= 4 is 27.3 Å². The fourth-order valence-corrected chi connectivity index (χ4v) is 5.45. The highest BCUT2D eigenvalue weighted by molar-refractivity contribution is 7.91. The lowest BCUT2D eigenvalue weighted by molar-refractivity contribution is 0.473. The van der Waals surface area contributed by atoms with Gasteiger partial charge in [0.25, 0.3) is 0 Å². The molecule has 148 valence electrons. The summed E-state index contributed by atoms with van der Waals surface area (Å²) in [6, 6.07) is 12.8. The quantitative estimate of drug-likeness (QED) is 0.699. The number of quaternary nitrogens is 1. The van der Waals surface area contributed by atoms with Gasteiger partial charge in [0, 0.05) is 12.1 Å². The molecule has 28 heavy (non-hydrogen) atoms. The third kappa shape index (κ3) is 3.49. The van der Waals surface area contributed by atoms with E-state index in [9.17, 15) is 8.42 Å². The monoisotopic (exact) mass is 419 g/mol. The molecule has 2 aromatic carbocycles. The van der Waals surface area contributed by atoms with E-state index < -0.39 is 10.0 Å². The standard InChI is InChI=1S/C21H24ClN2O3S/c1-3-28(25,26)24(12-8-7-9-17(24)15-23)20-13-16(2)21(14-19(20)22)27-18-10-5-4-6-11-18/h4-11,13-14H,3,12,15,23H2,1-2H3/q+1. The number of ether oxygens (including phenoxy) is 1. The maximum Gasteiger partial charge on any atom is 0.306 e. The Morgan fingerprint density at radius 3 is 2.57 bits per heavy atom. The first-order valence-electron chi connectivity index (χ1n) is 9.06. The zero-order chi connectivity index (χ0) is 20.4.